The van der Waals surface area contributed by atoms with E-state index in [4.69, 9.17) is 9.47 Å². The number of aryl methyl sites for hydroxylation is 2. The summed E-state index contributed by atoms with van der Waals surface area (Å²) < 4.78 is 10.8. The van der Waals surface area contributed by atoms with Gasteiger partial charge in [0.2, 0.25) is 12.7 Å². The second-order valence-corrected chi connectivity index (χ2v) is 6.96. The normalized spacial score (nSPS) is 12.3. The first-order valence-corrected chi connectivity index (χ1v) is 9.22. The Morgan fingerprint density at radius 2 is 1.86 bits per heavy atom. The Bertz CT molecular complexity index is 1310. The number of aromatic amines is 1. The Kier molecular flexibility index (Phi) is 3.94. The first-order valence-electron chi connectivity index (χ1n) is 9.22. The molecule has 144 valence electrons. The van der Waals surface area contributed by atoms with Crippen LogP contribution in [0.3, 0.4) is 0 Å². The molecule has 5 rings (SSSR count). The summed E-state index contributed by atoms with van der Waals surface area (Å²) in [5.74, 6) is 1.70. The van der Waals surface area contributed by atoms with E-state index in [1.54, 1.807) is 12.3 Å². The first-order chi connectivity index (χ1) is 14.1. The maximum absolute atomic E-state index is 12.9. The van der Waals surface area contributed by atoms with Crippen LogP contribution in [0.5, 0.6) is 11.5 Å². The fourth-order valence-corrected chi connectivity index (χ4v) is 3.38. The highest BCUT2D eigenvalue weighted by atomic mass is 16.7. The van der Waals surface area contributed by atoms with Crippen molar-refractivity contribution in [3.8, 4) is 22.6 Å². The predicted molar refractivity (Wildman–Crippen MR) is 111 cm³/mol. The highest BCUT2D eigenvalue weighted by Gasteiger charge is 2.17. The second kappa shape index (κ2) is 6.63. The molecular formula is C22H18N4O3. The third kappa shape index (κ3) is 3.06. The maximum Gasteiger partial charge on any atom is 0.262 e. The van der Waals surface area contributed by atoms with Crippen molar-refractivity contribution in [1.82, 2.24) is 15.0 Å². The molecule has 0 radical (unpaired) electrons. The molecule has 3 heterocycles. The van der Waals surface area contributed by atoms with E-state index in [9.17, 15) is 4.79 Å². The van der Waals surface area contributed by atoms with Crippen LogP contribution in [0, 0.1) is 13.8 Å². The van der Waals surface area contributed by atoms with Gasteiger partial charge in [0.1, 0.15) is 0 Å². The Morgan fingerprint density at radius 1 is 1.00 bits per heavy atom. The number of aromatic nitrogens is 3. The molecule has 2 N–H and O–H groups in total. The van der Waals surface area contributed by atoms with Crippen molar-refractivity contribution in [2.45, 2.75) is 13.8 Å². The lowest BCUT2D eigenvalue weighted by molar-refractivity contribution is 0.174. The first kappa shape index (κ1) is 17.2. The lowest BCUT2D eigenvalue weighted by Gasteiger charge is -2.10. The van der Waals surface area contributed by atoms with Gasteiger partial charge >= 0.3 is 0 Å². The molecule has 0 unspecified atom stereocenters. The fourth-order valence-electron chi connectivity index (χ4n) is 3.38. The molecule has 4 aromatic rings. The van der Waals surface area contributed by atoms with Gasteiger partial charge in [0.15, 0.2) is 17.1 Å². The van der Waals surface area contributed by atoms with E-state index in [0.717, 1.165) is 22.4 Å². The minimum atomic E-state index is -0.262. The van der Waals surface area contributed by atoms with Crippen molar-refractivity contribution in [1.29, 1.82) is 0 Å². The van der Waals surface area contributed by atoms with Gasteiger partial charge in [0.25, 0.3) is 5.56 Å². The molecule has 2 aromatic carbocycles. The minimum absolute atomic E-state index is 0.200. The Labute approximate surface area is 166 Å². The van der Waals surface area contributed by atoms with Gasteiger partial charge < -0.3 is 14.8 Å². The zero-order chi connectivity index (χ0) is 20.0. The molecule has 7 nitrogen and oxygen atoms in total. The highest BCUT2D eigenvalue weighted by molar-refractivity contribution is 5.92. The van der Waals surface area contributed by atoms with Crippen molar-refractivity contribution in [2.24, 2.45) is 0 Å². The van der Waals surface area contributed by atoms with Crippen molar-refractivity contribution >= 4 is 22.7 Å². The molecule has 1 aliphatic heterocycles. The van der Waals surface area contributed by atoms with Gasteiger partial charge in [-0.3, -0.25) is 9.78 Å². The van der Waals surface area contributed by atoms with E-state index >= 15 is 0 Å². The number of rotatable bonds is 3. The Hall–Kier alpha value is -3.87. The molecule has 1 aliphatic rings. The Balaban J connectivity index is 1.58. The summed E-state index contributed by atoms with van der Waals surface area (Å²) in [6.07, 6.45) is 1.65. The van der Waals surface area contributed by atoms with Crippen LogP contribution in [-0.4, -0.2) is 21.7 Å². The predicted octanol–water partition coefficient (Wildman–Crippen LogP) is 4.07. The summed E-state index contributed by atoms with van der Waals surface area (Å²) in [6, 6.07) is 13.4. The van der Waals surface area contributed by atoms with Gasteiger partial charge in [-0.1, -0.05) is 12.1 Å². The van der Waals surface area contributed by atoms with Crippen LogP contribution >= 0.6 is 0 Å². The number of hydrogen-bond donors (Lipinski definition) is 2. The molecule has 0 spiro atoms. The Morgan fingerprint density at radius 3 is 2.72 bits per heavy atom. The zero-order valence-electron chi connectivity index (χ0n) is 15.9. The number of benzene rings is 2. The number of fused-ring (bicyclic) bond motifs is 2. The van der Waals surface area contributed by atoms with E-state index in [-0.39, 0.29) is 12.4 Å². The van der Waals surface area contributed by atoms with Gasteiger partial charge in [0.05, 0.1) is 5.39 Å². The van der Waals surface area contributed by atoms with E-state index in [0.29, 0.717) is 28.5 Å². The van der Waals surface area contributed by atoms with Crippen LogP contribution in [0.15, 0.2) is 53.5 Å². The summed E-state index contributed by atoms with van der Waals surface area (Å²) in [5.41, 5.74) is 4.88. The van der Waals surface area contributed by atoms with Crippen molar-refractivity contribution in [3.63, 3.8) is 0 Å². The molecule has 0 amide bonds. The molecule has 0 saturated carbocycles. The quantitative estimate of drug-likeness (QED) is 0.552. The van der Waals surface area contributed by atoms with Gasteiger partial charge in [0, 0.05) is 11.9 Å². The topological polar surface area (TPSA) is 89.1 Å². The molecule has 2 aromatic heterocycles. The van der Waals surface area contributed by atoms with Crippen LogP contribution in [0.4, 0.5) is 11.6 Å². The molecule has 29 heavy (non-hydrogen) atoms. The SMILES string of the molecule is Cc1ccc(Nc2nc3nccc(-c4ccc5c(c4)OCO5)c3c(=O)[nH]2)cc1C. The van der Waals surface area contributed by atoms with E-state index in [2.05, 4.69) is 27.2 Å². The number of anilines is 2. The molecule has 0 atom stereocenters. The van der Waals surface area contributed by atoms with Crippen molar-refractivity contribution in [2.75, 3.05) is 12.1 Å². The number of hydrogen-bond acceptors (Lipinski definition) is 6. The molecule has 0 fully saturated rings. The van der Waals surface area contributed by atoms with Gasteiger partial charge in [-0.15, -0.1) is 0 Å². The lowest BCUT2D eigenvalue weighted by atomic mass is 10.0. The lowest BCUT2D eigenvalue weighted by Crippen LogP contribution is -2.13. The average Bonchev–Trinajstić information content (AvgIpc) is 3.18. The third-order valence-corrected chi connectivity index (χ3v) is 5.06. The van der Waals surface area contributed by atoms with E-state index < -0.39 is 0 Å². The number of ether oxygens (including phenoxy) is 2. The number of nitrogens with zero attached hydrogens (tertiary/aromatic N) is 2. The van der Waals surface area contributed by atoms with Crippen LogP contribution in [-0.2, 0) is 0 Å². The van der Waals surface area contributed by atoms with Gasteiger partial charge in [-0.05, 0) is 66.4 Å². The molecular weight excluding hydrogens is 368 g/mol. The van der Waals surface area contributed by atoms with Crippen molar-refractivity contribution < 1.29 is 9.47 Å². The number of nitrogens with one attached hydrogen (secondary N) is 2. The zero-order valence-corrected chi connectivity index (χ0v) is 15.9. The minimum Gasteiger partial charge on any atom is -0.454 e. The largest absolute Gasteiger partial charge is 0.454 e. The van der Waals surface area contributed by atoms with Crippen molar-refractivity contribution in [3.05, 3.63) is 70.1 Å². The van der Waals surface area contributed by atoms with E-state index in [1.807, 2.05) is 43.3 Å². The number of H-pyrrole nitrogens is 1. The standard InChI is InChI=1S/C22H18N4O3/c1-12-3-5-15(9-13(12)2)24-22-25-20-19(21(27)26-22)16(7-8-23-20)14-4-6-17-18(10-14)29-11-28-17/h3-10H,11H2,1-2H3,(H2,23,24,25,26,27). The number of pyridine rings is 1. The van der Waals surface area contributed by atoms with Gasteiger partial charge in [-0.25, -0.2) is 4.98 Å². The van der Waals surface area contributed by atoms with Crippen LogP contribution < -0.4 is 20.3 Å². The molecule has 7 heteroatoms. The smallest absolute Gasteiger partial charge is 0.262 e. The van der Waals surface area contributed by atoms with Crippen LogP contribution in [0.2, 0.25) is 0 Å². The van der Waals surface area contributed by atoms with Gasteiger partial charge in [-0.2, -0.15) is 4.98 Å². The monoisotopic (exact) mass is 386 g/mol. The van der Waals surface area contributed by atoms with E-state index in [1.165, 1.54) is 5.56 Å². The fraction of sp³-hybridized carbons (Fsp3) is 0.136. The van der Waals surface area contributed by atoms with Crippen LogP contribution in [0.1, 0.15) is 11.1 Å². The highest BCUT2D eigenvalue weighted by Crippen LogP contribution is 2.37. The van der Waals surface area contributed by atoms with Crippen LogP contribution in [0.25, 0.3) is 22.2 Å². The summed E-state index contributed by atoms with van der Waals surface area (Å²) in [7, 11) is 0. The summed E-state index contributed by atoms with van der Waals surface area (Å²) >= 11 is 0. The summed E-state index contributed by atoms with van der Waals surface area (Å²) in [5, 5.41) is 3.58. The third-order valence-electron chi connectivity index (χ3n) is 5.06. The molecule has 0 bridgehead atoms. The average molecular weight is 386 g/mol. The summed E-state index contributed by atoms with van der Waals surface area (Å²) in [6.45, 7) is 4.29. The molecule has 0 aliphatic carbocycles. The second-order valence-electron chi connectivity index (χ2n) is 6.96. The summed E-state index contributed by atoms with van der Waals surface area (Å²) in [4.78, 5) is 24.5. The maximum atomic E-state index is 12.9. The molecule has 0 saturated heterocycles.